The Hall–Kier alpha value is -0.230. The first-order valence-electron chi connectivity index (χ1n) is 2.48. The fourth-order valence-electron chi connectivity index (χ4n) is 0.246. The van der Waals surface area contributed by atoms with Gasteiger partial charge in [-0.05, 0) is 6.92 Å². The topological polar surface area (TPSA) is 40.5 Å². The van der Waals surface area contributed by atoms with Crippen molar-refractivity contribution in [3.8, 4) is 12.3 Å². The molecular weight excluding hydrogens is 140 g/mol. The quantitative estimate of drug-likeness (QED) is 0.427. The molecule has 0 aliphatic heterocycles. The zero-order valence-electron chi connectivity index (χ0n) is 5.13. The molecule has 0 bridgehead atoms. The van der Waals surface area contributed by atoms with Gasteiger partial charge in [-0.3, -0.25) is 0 Å². The first-order chi connectivity index (χ1) is 4.04. The largest absolute Gasteiger partial charge is 0.388 e. The van der Waals surface area contributed by atoms with Crippen LogP contribution in [0.15, 0.2) is 0 Å². The molecule has 0 saturated carbocycles. The third-order valence-electron chi connectivity index (χ3n) is 1.09. The Morgan fingerprint density at radius 2 is 2.33 bits per heavy atom. The summed E-state index contributed by atoms with van der Waals surface area (Å²) in [5, 5.41) is 17.9. The van der Waals surface area contributed by atoms with Crippen molar-refractivity contribution in [1.82, 2.24) is 0 Å². The summed E-state index contributed by atoms with van der Waals surface area (Å²) in [5.41, 5.74) is -1.50. The van der Waals surface area contributed by atoms with Crippen molar-refractivity contribution >= 4 is 11.6 Å². The highest BCUT2D eigenvalue weighted by Crippen LogP contribution is 2.08. The van der Waals surface area contributed by atoms with Crippen LogP contribution < -0.4 is 0 Å². The predicted molar refractivity (Wildman–Crippen MR) is 36.2 cm³/mol. The zero-order valence-corrected chi connectivity index (χ0v) is 5.89. The molecule has 0 aliphatic carbocycles. The van der Waals surface area contributed by atoms with Gasteiger partial charge in [-0.2, -0.15) is 0 Å². The van der Waals surface area contributed by atoms with E-state index in [1.807, 2.05) is 5.92 Å². The van der Waals surface area contributed by atoms with E-state index < -0.39 is 11.7 Å². The lowest BCUT2D eigenvalue weighted by Gasteiger charge is -2.20. The van der Waals surface area contributed by atoms with Crippen molar-refractivity contribution < 1.29 is 10.2 Å². The Bertz CT molecular complexity index is 126. The van der Waals surface area contributed by atoms with Gasteiger partial charge in [-0.15, -0.1) is 18.0 Å². The van der Waals surface area contributed by atoms with Gasteiger partial charge in [0.25, 0.3) is 0 Å². The van der Waals surface area contributed by atoms with Crippen molar-refractivity contribution in [3.63, 3.8) is 0 Å². The molecule has 0 aromatic carbocycles. The number of terminal acetylenes is 1. The minimum Gasteiger partial charge on any atom is -0.388 e. The second-order valence-corrected chi connectivity index (χ2v) is 2.27. The maximum Gasteiger partial charge on any atom is 0.149 e. The number of rotatable bonds is 2. The Balaban J connectivity index is 4.01. The van der Waals surface area contributed by atoms with Gasteiger partial charge in [0.1, 0.15) is 11.7 Å². The fraction of sp³-hybridized carbons (Fsp3) is 0.667. The van der Waals surface area contributed by atoms with Gasteiger partial charge in [-0.25, -0.2) is 0 Å². The van der Waals surface area contributed by atoms with E-state index in [-0.39, 0.29) is 5.88 Å². The first kappa shape index (κ1) is 8.77. The van der Waals surface area contributed by atoms with E-state index in [0.29, 0.717) is 0 Å². The summed E-state index contributed by atoms with van der Waals surface area (Å²) in [5.74, 6) is 1.95. The van der Waals surface area contributed by atoms with Crippen molar-refractivity contribution in [2.75, 3.05) is 5.88 Å². The summed E-state index contributed by atoms with van der Waals surface area (Å²) in [7, 11) is 0. The highest BCUT2D eigenvalue weighted by molar-refractivity contribution is 6.18. The molecule has 52 valence electrons. The van der Waals surface area contributed by atoms with Crippen LogP contribution in [0.3, 0.4) is 0 Å². The highest BCUT2D eigenvalue weighted by Gasteiger charge is 2.26. The summed E-state index contributed by atoms with van der Waals surface area (Å²) < 4.78 is 0. The Labute approximate surface area is 59.5 Å². The third-order valence-corrected chi connectivity index (χ3v) is 1.38. The van der Waals surface area contributed by atoms with Crippen LogP contribution in [-0.2, 0) is 0 Å². The number of aliphatic hydroxyl groups excluding tert-OH is 1. The first-order valence-corrected chi connectivity index (χ1v) is 3.02. The van der Waals surface area contributed by atoms with Gasteiger partial charge in [0.05, 0.1) is 5.88 Å². The molecule has 0 aromatic rings. The van der Waals surface area contributed by atoms with Gasteiger partial charge in [0.2, 0.25) is 0 Å². The number of alkyl halides is 1. The monoisotopic (exact) mass is 148 g/mol. The lowest BCUT2D eigenvalue weighted by Crippen LogP contribution is -2.38. The van der Waals surface area contributed by atoms with Crippen LogP contribution in [0.2, 0.25) is 0 Å². The normalized spacial score (nSPS) is 19.9. The molecule has 3 heteroatoms. The lowest BCUT2D eigenvalue weighted by molar-refractivity contribution is -0.00574. The van der Waals surface area contributed by atoms with E-state index in [9.17, 15) is 0 Å². The van der Waals surface area contributed by atoms with E-state index in [0.717, 1.165) is 0 Å². The molecule has 0 fully saturated rings. The van der Waals surface area contributed by atoms with Crippen molar-refractivity contribution in [2.24, 2.45) is 0 Å². The molecule has 0 unspecified atom stereocenters. The SMILES string of the molecule is C#C[C@](C)(O)[C@@H](O)CCl. The number of hydrogen-bond donors (Lipinski definition) is 2. The molecule has 0 spiro atoms. The van der Waals surface area contributed by atoms with Gasteiger partial charge < -0.3 is 10.2 Å². The van der Waals surface area contributed by atoms with Crippen LogP contribution in [-0.4, -0.2) is 27.8 Å². The van der Waals surface area contributed by atoms with Gasteiger partial charge in [0, 0.05) is 0 Å². The van der Waals surface area contributed by atoms with Crippen LogP contribution in [0, 0.1) is 12.3 Å². The van der Waals surface area contributed by atoms with Crippen molar-refractivity contribution in [1.29, 1.82) is 0 Å². The van der Waals surface area contributed by atoms with Crippen LogP contribution in [0.25, 0.3) is 0 Å². The molecule has 2 N–H and O–H groups in total. The molecule has 0 aliphatic rings. The Morgan fingerprint density at radius 1 is 1.89 bits per heavy atom. The van der Waals surface area contributed by atoms with Gasteiger partial charge in [0.15, 0.2) is 0 Å². The molecule has 0 amide bonds. The zero-order chi connectivity index (χ0) is 7.49. The molecular formula is C6H9ClO2. The van der Waals surface area contributed by atoms with E-state index >= 15 is 0 Å². The molecule has 0 heterocycles. The van der Waals surface area contributed by atoms with E-state index in [1.165, 1.54) is 6.92 Å². The number of aliphatic hydroxyl groups is 2. The smallest absolute Gasteiger partial charge is 0.149 e. The fourth-order valence-corrected chi connectivity index (χ4v) is 0.547. The van der Waals surface area contributed by atoms with Crippen LogP contribution >= 0.6 is 11.6 Å². The number of hydrogen-bond acceptors (Lipinski definition) is 2. The molecule has 0 saturated heterocycles. The standard InChI is InChI=1S/C6H9ClO2/c1-3-6(2,9)5(8)4-7/h1,5,8-9H,4H2,2H3/t5-,6-/m0/s1. The summed E-state index contributed by atoms with van der Waals surface area (Å²) >= 11 is 5.21. The molecule has 0 aromatic heterocycles. The number of halogens is 1. The lowest BCUT2D eigenvalue weighted by atomic mass is 10.0. The summed E-state index contributed by atoms with van der Waals surface area (Å²) in [6.07, 6.45) is 3.81. The summed E-state index contributed by atoms with van der Waals surface area (Å²) in [6, 6.07) is 0. The van der Waals surface area contributed by atoms with Gasteiger partial charge >= 0.3 is 0 Å². The maximum atomic E-state index is 9.02. The second-order valence-electron chi connectivity index (χ2n) is 1.96. The maximum absolute atomic E-state index is 9.02. The molecule has 0 radical (unpaired) electrons. The minimum absolute atomic E-state index is 0.0583. The van der Waals surface area contributed by atoms with Crippen LogP contribution in [0.5, 0.6) is 0 Å². The average molecular weight is 149 g/mol. The van der Waals surface area contributed by atoms with Gasteiger partial charge in [-0.1, -0.05) is 5.92 Å². The molecule has 2 atom stereocenters. The van der Waals surface area contributed by atoms with Crippen molar-refractivity contribution in [3.05, 3.63) is 0 Å². The third kappa shape index (κ3) is 2.23. The average Bonchev–Trinajstić information content (AvgIpc) is 1.86. The second kappa shape index (κ2) is 3.07. The Kier molecular flexibility index (Phi) is 2.99. The highest BCUT2D eigenvalue weighted by atomic mass is 35.5. The Morgan fingerprint density at radius 3 is 2.44 bits per heavy atom. The summed E-state index contributed by atoms with van der Waals surface area (Å²) in [6.45, 7) is 1.33. The summed E-state index contributed by atoms with van der Waals surface area (Å²) in [4.78, 5) is 0. The van der Waals surface area contributed by atoms with E-state index in [2.05, 4.69) is 0 Å². The minimum atomic E-state index is -1.50. The molecule has 2 nitrogen and oxygen atoms in total. The molecule has 9 heavy (non-hydrogen) atoms. The van der Waals surface area contributed by atoms with Crippen molar-refractivity contribution in [2.45, 2.75) is 18.6 Å². The van der Waals surface area contributed by atoms with Crippen LogP contribution in [0.4, 0.5) is 0 Å². The predicted octanol–water partition coefficient (Wildman–Crippen LogP) is -0.0297. The van der Waals surface area contributed by atoms with E-state index in [1.54, 1.807) is 0 Å². The van der Waals surface area contributed by atoms with E-state index in [4.69, 9.17) is 28.2 Å². The van der Waals surface area contributed by atoms with Crippen LogP contribution in [0.1, 0.15) is 6.92 Å². The molecule has 0 rings (SSSR count).